The highest BCUT2D eigenvalue weighted by atomic mass is 35.5. The number of hydrogen-bond acceptors (Lipinski definition) is 2. The van der Waals surface area contributed by atoms with Gasteiger partial charge in [-0.25, -0.2) is 0 Å². The fraction of sp³-hybridized carbons (Fsp3) is 0.133. The van der Waals surface area contributed by atoms with Crippen LogP contribution in [0.2, 0.25) is 10.0 Å². The summed E-state index contributed by atoms with van der Waals surface area (Å²) in [6.45, 7) is 0. The molecule has 0 saturated carbocycles. The number of carbonyl (C=O) groups is 1. The summed E-state index contributed by atoms with van der Waals surface area (Å²) >= 11 is 11.8. The molecule has 5 heteroatoms. The van der Waals surface area contributed by atoms with Gasteiger partial charge in [0.15, 0.2) is 0 Å². The van der Waals surface area contributed by atoms with Crippen LogP contribution in [-0.2, 0) is 11.2 Å². The number of carboxylic acid groups (broad SMARTS) is 1. The predicted octanol–water partition coefficient (Wildman–Crippen LogP) is 4.11. The lowest BCUT2D eigenvalue weighted by molar-refractivity contribution is -0.138. The van der Waals surface area contributed by atoms with Gasteiger partial charge >= 0.3 is 5.97 Å². The highest BCUT2D eigenvalue weighted by Gasteiger charge is 2.21. The number of phenols is 1. The molecule has 0 radical (unpaired) electrons. The van der Waals surface area contributed by atoms with Crippen LogP contribution in [0.4, 0.5) is 0 Å². The van der Waals surface area contributed by atoms with E-state index in [-0.39, 0.29) is 12.2 Å². The minimum atomic E-state index is -0.952. The van der Waals surface area contributed by atoms with Crippen LogP contribution in [0, 0.1) is 0 Å². The minimum Gasteiger partial charge on any atom is -0.508 e. The number of phenolic OH excluding ortho intramolecular Hbond substituents is 1. The minimum absolute atomic E-state index is 0.112. The highest BCUT2D eigenvalue weighted by molar-refractivity contribution is 6.42. The molecular weight excluding hydrogens is 299 g/mol. The molecule has 0 bridgehead atoms. The molecule has 0 amide bonds. The lowest BCUT2D eigenvalue weighted by atomic mass is 9.92. The molecule has 2 N–H and O–H groups in total. The maximum absolute atomic E-state index is 11.4. The third-order valence-electron chi connectivity index (χ3n) is 2.99. The Morgan fingerprint density at radius 2 is 1.85 bits per heavy atom. The monoisotopic (exact) mass is 310 g/mol. The molecule has 2 aromatic rings. The van der Waals surface area contributed by atoms with E-state index in [1.165, 1.54) is 0 Å². The standard InChI is InChI=1S/C15H12Cl2O3/c16-13-5-4-10(8-14(13)17)12(15(19)20)7-9-2-1-3-11(18)6-9/h1-6,8,12,18H,7H2,(H,19,20). The second kappa shape index (κ2) is 6.16. The van der Waals surface area contributed by atoms with Gasteiger partial charge in [-0.2, -0.15) is 0 Å². The normalized spacial score (nSPS) is 12.1. The molecule has 2 aromatic carbocycles. The lowest BCUT2D eigenvalue weighted by Gasteiger charge is -2.14. The second-order valence-electron chi connectivity index (χ2n) is 4.44. The van der Waals surface area contributed by atoms with Crippen molar-refractivity contribution in [3.05, 3.63) is 63.6 Å². The number of hydrogen-bond donors (Lipinski definition) is 2. The predicted molar refractivity (Wildman–Crippen MR) is 78.6 cm³/mol. The summed E-state index contributed by atoms with van der Waals surface area (Å²) in [6, 6.07) is 11.3. The van der Waals surface area contributed by atoms with Crippen LogP contribution in [0.1, 0.15) is 17.0 Å². The van der Waals surface area contributed by atoms with E-state index in [4.69, 9.17) is 23.2 Å². The van der Waals surface area contributed by atoms with Gasteiger partial charge < -0.3 is 10.2 Å². The topological polar surface area (TPSA) is 57.5 Å². The van der Waals surface area contributed by atoms with Gasteiger partial charge in [0.2, 0.25) is 0 Å². The molecule has 0 aromatic heterocycles. The zero-order chi connectivity index (χ0) is 14.7. The van der Waals surface area contributed by atoms with E-state index in [0.29, 0.717) is 15.6 Å². The number of aliphatic carboxylic acids is 1. The van der Waals surface area contributed by atoms with Gasteiger partial charge in [0.25, 0.3) is 0 Å². The van der Waals surface area contributed by atoms with Gasteiger partial charge in [0.05, 0.1) is 16.0 Å². The molecular formula is C15H12Cl2O3. The van der Waals surface area contributed by atoms with E-state index in [1.807, 2.05) is 0 Å². The van der Waals surface area contributed by atoms with Gasteiger partial charge in [-0.05, 0) is 41.8 Å². The van der Waals surface area contributed by atoms with E-state index < -0.39 is 11.9 Å². The fourth-order valence-corrected chi connectivity index (χ4v) is 2.30. The summed E-state index contributed by atoms with van der Waals surface area (Å²) < 4.78 is 0. The summed E-state index contributed by atoms with van der Waals surface area (Å²) in [7, 11) is 0. The quantitative estimate of drug-likeness (QED) is 0.893. The van der Waals surface area contributed by atoms with E-state index in [9.17, 15) is 15.0 Å². The first kappa shape index (κ1) is 14.7. The Balaban J connectivity index is 2.32. The largest absolute Gasteiger partial charge is 0.508 e. The number of halogens is 2. The second-order valence-corrected chi connectivity index (χ2v) is 5.25. The van der Waals surface area contributed by atoms with Crippen molar-refractivity contribution in [1.82, 2.24) is 0 Å². The Bertz CT molecular complexity index is 641. The van der Waals surface area contributed by atoms with Crippen LogP contribution in [-0.4, -0.2) is 16.2 Å². The number of benzene rings is 2. The van der Waals surface area contributed by atoms with E-state index in [0.717, 1.165) is 5.56 Å². The van der Waals surface area contributed by atoms with Crippen molar-refractivity contribution in [2.24, 2.45) is 0 Å². The van der Waals surface area contributed by atoms with Crippen molar-refractivity contribution < 1.29 is 15.0 Å². The lowest BCUT2D eigenvalue weighted by Crippen LogP contribution is -2.14. The number of rotatable bonds is 4. The molecule has 3 nitrogen and oxygen atoms in total. The van der Waals surface area contributed by atoms with Crippen LogP contribution in [0.25, 0.3) is 0 Å². The Morgan fingerprint density at radius 3 is 2.45 bits per heavy atom. The smallest absolute Gasteiger partial charge is 0.311 e. The molecule has 0 heterocycles. The molecule has 1 unspecified atom stereocenters. The molecule has 1 atom stereocenters. The third kappa shape index (κ3) is 3.44. The van der Waals surface area contributed by atoms with Crippen LogP contribution < -0.4 is 0 Å². The van der Waals surface area contributed by atoms with Crippen molar-refractivity contribution in [2.45, 2.75) is 12.3 Å². The van der Waals surface area contributed by atoms with Gasteiger partial charge in [0.1, 0.15) is 5.75 Å². The highest BCUT2D eigenvalue weighted by Crippen LogP contribution is 2.29. The molecule has 0 aliphatic heterocycles. The fourth-order valence-electron chi connectivity index (χ4n) is 2.00. The summed E-state index contributed by atoms with van der Waals surface area (Å²) in [5.74, 6) is -1.58. The van der Waals surface area contributed by atoms with Crippen LogP contribution in [0.15, 0.2) is 42.5 Å². The van der Waals surface area contributed by atoms with E-state index in [2.05, 4.69) is 0 Å². The average molecular weight is 311 g/mol. The Labute approximate surface area is 126 Å². The summed E-state index contributed by atoms with van der Waals surface area (Å²) in [6.07, 6.45) is 0.266. The van der Waals surface area contributed by atoms with Crippen molar-refractivity contribution in [3.8, 4) is 5.75 Å². The SMILES string of the molecule is O=C(O)C(Cc1cccc(O)c1)c1ccc(Cl)c(Cl)c1. The van der Waals surface area contributed by atoms with Crippen molar-refractivity contribution in [3.63, 3.8) is 0 Å². The van der Waals surface area contributed by atoms with Crippen LogP contribution in [0.5, 0.6) is 5.75 Å². The summed E-state index contributed by atoms with van der Waals surface area (Å²) in [5, 5.41) is 19.5. The van der Waals surface area contributed by atoms with Gasteiger partial charge in [-0.15, -0.1) is 0 Å². The first-order valence-electron chi connectivity index (χ1n) is 5.93. The first-order chi connectivity index (χ1) is 9.47. The van der Waals surface area contributed by atoms with Gasteiger partial charge in [-0.1, -0.05) is 41.4 Å². The Hall–Kier alpha value is -1.71. The van der Waals surface area contributed by atoms with Gasteiger partial charge in [-0.3, -0.25) is 4.79 Å². The van der Waals surface area contributed by atoms with Crippen LogP contribution in [0.3, 0.4) is 0 Å². The van der Waals surface area contributed by atoms with Gasteiger partial charge in [0, 0.05) is 0 Å². The average Bonchev–Trinajstić information content (AvgIpc) is 2.39. The van der Waals surface area contributed by atoms with Crippen molar-refractivity contribution in [1.29, 1.82) is 0 Å². The van der Waals surface area contributed by atoms with Crippen molar-refractivity contribution >= 4 is 29.2 Å². The molecule has 0 spiro atoms. The summed E-state index contributed by atoms with van der Waals surface area (Å²) in [5.41, 5.74) is 1.32. The zero-order valence-electron chi connectivity index (χ0n) is 10.4. The number of carboxylic acids is 1. The zero-order valence-corrected chi connectivity index (χ0v) is 11.9. The van der Waals surface area contributed by atoms with E-state index >= 15 is 0 Å². The molecule has 20 heavy (non-hydrogen) atoms. The molecule has 2 rings (SSSR count). The summed E-state index contributed by atoms with van der Waals surface area (Å²) in [4.78, 5) is 11.4. The first-order valence-corrected chi connectivity index (χ1v) is 6.68. The van der Waals surface area contributed by atoms with E-state index in [1.54, 1.807) is 42.5 Å². The molecule has 104 valence electrons. The maximum atomic E-state index is 11.4. The van der Waals surface area contributed by atoms with Crippen LogP contribution >= 0.6 is 23.2 Å². The third-order valence-corrected chi connectivity index (χ3v) is 3.73. The Kier molecular flexibility index (Phi) is 4.53. The van der Waals surface area contributed by atoms with Crippen molar-refractivity contribution in [2.75, 3.05) is 0 Å². The molecule has 0 saturated heterocycles. The maximum Gasteiger partial charge on any atom is 0.311 e. The molecule has 0 fully saturated rings. The Morgan fingerprint density at radius 1 is 1.10 bits per heavy atom. The molecule has 0 aliphatic rings. The molecule has 0 aliphatic carbocycles. The number of aromatic hydroxyl groups is 1.